The monoisotopic (exact) mass is 814 g/mol. The maximum absolute atomic E-state index is 12.7. The van der Waals surface area contributed by atoms with Crippen LogP contribution in [0.4, 0.5) is 0 Å². The molecule has 56 heavy (non-hydrogen) atoms. The van der Waals surface area contributed by atoms with Gasteiger partial charge in [-0.2, -0.15) is 0 Å². The maximum Gasteiger partial charge on any atom is 0.306 e. The summed E-state index contributed by atoms with van der Waals surface area (Å²) in [6.07, 6.45) is 46.2. The zero-order chi connectivity index (χ0) is 41.3. The quantitative estimate of drug-likeness (QED) is 0.0199. The number of phosphoric ester groups is 1. The molecule has 2 unspecified atom stereocenters. The molecule has 332 valence electrons. The molecular formula is C47H92NO7P. The molecule has 0 spiro atoms. The first-order valence-electron chi connectivity index (χ1n) is 23.6. The Hall–Kier alpha value is -1.02. The van der Waals surface area contributed by atoms with Crippen LogP contribution in [-0.2, 0) is 27.9 Å². The molecule has 0 aromatic heterocycles. The number of carbonyl (C=O) groups is 1. The fourth-order valence-corrected chi connectivity index (χ4v) is 7.31. The third kappa shape index (κ3) is 44.1. The molecule has 0 aliphatic rings. The predicted molar refractivity (Wildman–Crippen MR) is 236 cm³/mol. The highest BCUT2D eigenvalue weighted by Gasteiger charge is 2.20. The third-order valence-electron chi connectivity index (χ3n) is 10.3. The number of hydrogen-bond acceptors (Lipinski definition) is 7. The lowest BCUT2D eigenvalue weighted by Crippen LogP contribution is -2.37. The van der Waals surface area contributed by atoms with Crippen molar-refractivity contribution in [2.24, 2.45) is 0 Å². The van der Waals surface area contributed by atoms with Gasteiger partial charge in [0.15, 0.2) is 0 Å². The van der Waals surface area contributed by atoms with Crippen LogP contribution in [0.2, 0.25) is 0 Å². The van der Waals surface area contributed by atoms with Crippen LogP contribution in [0.5, 0.6) is 0 Å². The largest absolute Gasteiger partial charge is 0.756 e. The highest BCUT2D eigenvalue weighted by atomic mass is 31.2. The molecule has 0 radical (unpaired) electrons. The Labute approximate surface area is 347 Å². The first-order valence-corrected chi connectivity index (χ1v) is 25.0. The lowest BCUT2D eigenvalue weighted by Gasteiger charge is -2.28. The number of likely N-dealkylation sites (N-methyl/N-ethyl adjacent to an activating group) is 1. The van der Waals surface area contributed by atoms with Gasteiger partial charge in [0.1, 0.15) is 19.3 Å². The molecule has 9 heteroatoms. The van der Waals surface area contributed by atoms with Crippen LogP contribution in [0, 0.1) is 0 Å². The Bertz CT molecular complexity index is 951. The maximum atomic E-state index is 12.7. The van der Waals surface area contributed by atoms with Gasteiger partial charge in [-0.15, -0.1) is 0 Å². The van der Waals surface area contributed by atoms with Crippen LogP contribution in [0.25, 0.3) is 0 Å². The van der Waals surface area contributed by atoms with E-state index in [1.807, 2.05) is 21.1 Å². The Morgan fingerprint density at radius 2 is 0.982 bits per heavy atom. The highest BCUT2D eigenvalue weighted by Crippen LogP contribution is 2.38. The summed E-state index contributed by atoms with van der Waals surface area (Å²) in [7, 11) is 1.36. The average Bonchev–Trinajstić information content (AvgIpc) is 3.15. The number of rotatable bonds is 44. The molecule has 0 rings (SSSR count). The zero-order valence-electron chi connectivity index (χ0n) is 37.6. The van der Waals surface area contributed by atoms with Crippen molar-refractivity contribution in [1.29, 1.82) is 0 Å². The van der Waals surface area contributed by atoms with Crippen molar-refractivity contribution in [3.63, 3.8) is 0 Å². The number of ether oxygens (including phenoxy) is 2. The number of quaternary nitrogens is 1. The summed E-state index contributed by atoms with van der Waals surface area (Å²) in [5.74, 6) is -0.334. The van der Waals surface area contributed by atoms with E-state index in [-0.39, 0.29) is 25.8 Å². The van der Waals surface area contributed by atoms with Crippen LogP contribution in [0.3, 0.4) is 0 Å². The molecule has 0 amide bonds. The standard InChI is InChI=1S/C47H92NO7P/c1-6-8-10-12-14-16-18-20-21-22-23-24-25-26-27-28-29-31-33-35-37-39-42-52-44-46(45-54-56(50,51)53-43-41-48(3,4)5)55-47(49)40-38-36-34-32-30-19-17-15-13-11-9-7-2/h18,20,22-23,46H,6-17,19,21,24-45H2,1-5H3/b20-18-,23-22-. The van der Waals surface area contributed by atoms with Crippen molar-refractivity contribution in [3.8, 4) is 0 Å². The van der Waals surface area contributed by atoms with Gasteiger partial charge in [-0.1, -0.05) is 186 Å². The summed E-state index contributed by atoms with van der Waals surface area (Å²) in [4.78, 5) is 25.0. The molecule has 0 bridgehead atoms. The molecule has 8 nitrogen and oxygen atoms in total. The highest BCUT2D eigenvalue weighted by molar-refractivity contribution is 7.45. The number of unbranched alkanes of at least 4 members (excludes halogenated alkanes) is 26. The van der Waals surface area contributed by atoms with Gasteiger partial charge in [-0.3, -0.25) is 9.36 Å². The normalized spacial score (nSPS) is 13.9. The summed E-state index contributed by atoms with van der Waals surface area (Å²) >= 11 is 0. The van der Waals surface area contributed by atoms with E-state index in [1.54, 1.807) is 0 Å². The Balaban J connectivity index is 4.12. The molecule has 0 aliphatic carbocycles. The number of carbonyl (C=O) groups excluding carboxylic acids is 1. The van der Waals surface area contributed by atoms with Crippen molar-refractivity contribution < 1.29 is 37.3 Å². The summed E-state index contributed by atoms with van der Waals surface area (Å²) in [5, 5.41) is 0. The second-order valence-corrected chi connectivity index (χ2v) is 18.5. The Morgan fingerprint density at radius 1 is 0.554 bits per heavy atom. The second kappa shape index (κ2) is 40.7. The van der Waals surface area contributed by atoms with Gasteiger partial charge in [0, 0.05) is 13.0 Å². The lowest BCUT2D eigenvalue weighted by atomic mass is 10.0. The van der Waals surface area contributed by atoms with E-state index in [9.17, 15) is 14.3 Å². The lowest BCUT2D eigenvalue weighted by molar-refractivity contribution is -0.870. The molecule has 0 aliphatic heterocycles. The van der Waals surface area contributed by atoms with E-state index >= 15 is 0 Å². The first-order chi connectivity index (χ1) is 27.1. The van der Waals surface area contributed by atoms with Crippen LogP contribution in [0.15, 0.2) is 24.3 Å². The summed E-state index contributed by atoms with van der Waals surface area (Å²) in [6, 6.07) is 0. The van der Waals surface area contributed by atoms with Gasteiger partial charge in [0.2, 0.25) is 0 Å². The molecule has 0 heterocycles. The Kier molecular flexibility index (Phi) is 40.0. The van der Waals surface area contributed by atoms with Gasteiger partial charge in [-0.25, -0.2) is 0 Å². The number of hydrogen-bond donors (Lipinski definition) is 0. The molecule has 2 atom stereocenters. The van der Waals surface area contributed by atoms with Crippen LogP contribution in [0.1, 0.15) is 213 Å². The molecule has 0 aromatic rings. The third-order valence-corrected chi connectivity index (χ3v) is 11.2. The average molecular weight is 814 g/mol. The fraction of sp³-hybridized carbons (Fsp3) is 0.894. The number of phosphoric acid groups is 1. The van der Waals surface area contributed by atoms with E-state index in [0.29, 0.717) is 24.1 Å². The topological polar surface area (TPSA) is 94.1 Å². The second-order valence-electron chi connectivity index (χ2n) is 17.1. The zero-order valence-corrected chi connectivity index (χ0v) is 38.5. The molecule has 0 saturated carbocycles. The van der Waals surface area contributed by atoms with Gasteiger partial charge in [0.25, 0.3) is 7.82 Å². The molecule has 0 fully saturated rings. The van der Waals surface area contributed by atoms with Gasteiger partial charge in [-0.05, 0) is 44.9 Å². The summed E-state index contributed by atoms with van der Waals surface area (Å²) < 4.78 is 34.6. The minimum atomic E-state index is -4.52. The van der Waals surface area contributed by atoms with Gasteiger partial charge >= 0.3 is 5.97 Å². The molecule has 0 N–H and O–H groups in total. The molecular weight excluding hydrogens is 721 g/mol. The summed E-state index contributed by atoms with van der Waals surface area (Å²) in [5.41, 5.74) is 0. The number of allylic oxidation sites excluding steroid dienone is 4. The minimum absolute atomic E-state index is 0.0276. The van der Waals surface area contributed by atoms with E-state index in [1.165, 1.54) is 154 Å². The van der Waals surface area contributed by atoms with Crippen molar-refractivity contribution in [2.45, 2.75) is 219 Å². The van der Waals surface area contributed by atoms with Crippen LogP contribution < -0.4 is 4.89 Å². The number of nitrogens with zero attached hydrogens (tertiary/aromatic N) is 1. The Morgan fingerprint density at radius 3 is 1.45 bits per heavy atom. The van der Waals surface area contributed by atoms with Crippen LogP contribution >= 0.6 is 7.82 Å². The van der Waals surface area contributed by atoms with Gasteiger partial charge < -0.3 is 27.9 Å². The van der Waals surface area contributed by atoms with Crippen molar-refractivity contribution >= 4 is 13.8 Å². The fourth-order valence-electron chi connectivity index (χ4n) is 6.58. The number of esters is 1. The van der Waals surface area contributed by atoms with E-state index in [2.05, 4.69) is 38.2 Å². The minimum Gasteiger partial charge on any atom is -0.756 e. The SMILES string of the molecule is CCCCCCC/C=C\C/C=C\CCCCCCCCCCCCOCC(COP(=O)([O-])OCC[N+](C)(C)C)OC(=O)CCCCCCCCCCCCCC. The van der Waals surface area contributed by atoms with Crippen molar-refractivity contribution in [1.82, 2.24) is 0 Å². The smallest absolute Gasteiger partial charge is 0.306 e. The van der Waals surface area contributed by atoms with E-state index < -0.39 is 13.9 Å². The predicted octanol–water partition coefficient (Wildman–Crippen LogP) is 13.4. The van der Waals surface area contributed by atoms with E-state index in [4.69, 9.17) is 18.5 Å². The summed E-state index contributed by atoms with van der Waals surface area (Å²) in [6.45, 7) is 5.42. The molecule has 0 saturated heterocycles. The van der Waals surface area contributed by atoms with Gasteiger partial charge in [0.05, 0.1) is 34.4 Å². The van der Waals surface area contributed by atoms with Crippen LogP contribution in [-0.4, -0.2) is 70.7 Å². The van der Waals surface area contributed by atoms with E-state index in [0.717, 1.165) is 38.5 Å². The molecule has 0 aromatic carbocycles. The van der Waals surface area contributed by atoms with Crippen molar-refractivity contribution in [3.05, 3.63) is 24.3 Å². The van der Waals surface area contributed by atoms with Crippen molar-refractivity contribution in [2.75, 3.05) is 54.1 Å². The first kappa shape index (κ1) is 55.0.